The number of anilines is 1. The highest BCUT2D eigenvalue weighted by Crippen LogP contribution is 2.40. The van der Waals surface area contributed by atoms with E-state index >= 15 is 0 Å². The van der Waals surface area contributed by atoms with Gasteiger partial charge in [0.25, 0.3) is 0 Å². The lowest BCUT2D eigenvalue weighted by atomic mass is 10.1. The minimum atomic E-state index is -0.0185. The third kappa shape index (κ3) is 3.06. The van der Waals surface area contributed by atoms with Gasteiger partial charge in [0, 0.05) is 37.3 Å². The molecule has 1 aliphatic heterocycles. The van der Waals surface area contributed by atoms with Crippen LogP contribution in [0, 0.1) is 0 Å². The number of hydrogen-bond acceptors (Lipinski definition) is 5. The second kappa shape index (κ2) is 6.22. The molecule has 7 nitrogen and oxygen atoms in total. The average Bonchev–Trinajstić information content (AvgIpc) is 3.26. The van der Waals surface area contributed by atoms with E-state index in [2.05, 4.69) is 28.2 Å². The minimum Gasteiger partial charge on any atom is -0.488 e. The fraction of sp³-hybridized carbons (Fsp3) is 0.381. The molecule has 28 heavy (non-hydrogen) atoms. The summed E-state index contributed by atoms with van der Waals surface area (Å²) in [6.07, 6.45) is 3.97. The van der Waals surface area contributed by atoms with Gasteiger partial charge in [-0.3, -0.25) is 9.89 Å². The zero-order valence-corrected chi connectivity index (χ0v) is 16.1. The summed E-state index contributed by atoms with van der Waals surface area (Å²) in [7, 11) is 1.83. The van der Waals surface area contributed by atoms with Crippen LogP contribution in [-0.4, -0.2) is 58.3 Å². The Bertz CT molecular complexity index is 1060. The van der Waals surface area contributed by atoms with E-state index in [0.717, 1.165) is 53.1 Å². The maximum Gasteiger partial charge on any atom is 0.241 e. The number of H-pyrrole nitrogens is 1. The SMILES string of the molecule is CN1CCN(c2cc(-c3n[nH]c4ccc(OC5(C)CC5)cc34)ccn2)CC1=O. The monoisotopic (exact) mass is 377 g/mol. The Morgan fingerprint density at radius 3 is 2.82 bits per heavy atom. The normalized spacial score (nSPS) is 18.6. The molecule has 2 aromatic heterocycles. The number of likely N-dealkylation sites (N-methyl/N-ethyl adjacent to an activating group) is 1. The molecular weight excluding hydrogens is 354 g/mol. The predicted octanol–water partition coefficient (Wildman–Crippen LogP) is 2.83. The molecule has 3 heterocycles. The Morgan fingerprint density at radius 2 is 2.04 bits per heavy atom. The summed E-state index contributed by atoms with van der Waals surface area (Å²) in [5.41, 5.74) is 2.79. The lowest BCUT2D eigenvalue weighted by Gasteiger charge is -2.32. The van der Waals surface area contributed by atoms with Crippen LogP contribution >= 0.6 is 0 Å². The van der Waals surface area contributed by atoms with Gasteiger partial charge in [-0.1, -0.05) is 0 Å². The van der Waals surface area contributed by atoms with Gasteiger partial charge in [0.05, 0.1) is 12.1 Å². The van der Waals surface area contributed by atoms with Gasteiger partial charge in [-0.05, 0) is 50.1 Å². The van der Waals surface area contributed by atoms with Crippen LogP contribution in [0.3, 0.4) is 0 Å². The number of aromatic amines is 1. The zero-order valence-electron chi connectivity index (χ0n) is 16.1. The van der Waals surface area contributed by atoms with E-state index in [0.29, 0.717) is 13.1 Å². The van der Waals surface area contributed by atoms with Crippen molar-refractivity contribution in [3.05, 3.63) is 36.5 Å². The van der Waals surface area contributed by atoms with Crippen molar-refractivity contribution in [2.75, 3.05) is 31.6 Å². The summed E-state index contributed by atoms with van der Waals surface area (Å²) in [5, 5.41) is 8.66. The first kappa shape index (κ1) is 17.0. The van der Waals surface area contributed by atoms with Crippen molar-refractivity contribution in [1.82, 2.24) is 20.1 Å². The summed E-state index contributed by atoms with van der Waals surface area (Å²) < 4.78 is 6.12. The van der Waals surface area contributed by atoms with Crippen LogP contribution in [0.4, 0.5) is 5.82 Å². The molecule has 1 aliphatic carbocycles. The summed E-state index contributed by atoms with van der Waals surface area (Å²) in [6, 6.07) is 10.0. The molecular formula is C21H23N5O2. The molecule has 1 saturated carbocycles. The molecule has 0 radical (unpaired) electrons. The molecule has 5 rings (SSSR count). The van der Waals surface area contributed by atoms with Crippen LogP contribution in [0.5, 0.6) is 5.75 Å². The van der Waals surface area contributed by atoms with E-state index in [9.17, 15) is 4.79 Å². The molecule has 3 aromatic rings. The van der Waals surface area contributed by atoms with Crippen molar-refractivity contribution >= 4 is 22.6 Å². The van der Waals surface area contributed by atoms with E-state index in [1.165, 1.54) is 0 Å². The van der Waals surface area contributed by atoms with Crippen molar-refractivity contribution in [3.8, 4) is 17.0 Å². The number of pyridine rings is 1. The summed E-state index contributed by atoms with van der Waals surface area (Å²) in [4.78, 5) is 20.3. The Kier molecular flexibility index (Phi) is 3.79. The Morgan fingerprint density at radius 1 is 1.18 bits per heavy atom. The number of rotatable bonds is 4. The average molecular weight is 377 g/mol. The van der Waals surface area contributed by atoms with Crippen LogP contribution in [0.1, 0.15) is 19.8 Å². The van der Waals surface area contributed by atoms with Crippen molar-refractivity contribution in [3.63, 3.8) is 0 Å². The topological polar surface area (TPSA) is 74.3 Å². The first-order valence-electron chi connectivity index (χ1n) is 9.63. The number of hydrogen-bond donors (Lipinski definition) is 1. The van der Waals surface area contributed by atoms with Crippen LogP contribution < -0.4 is 9.64 Å². The number of nitrogens with one attached hydrogen (secondary N) is 1. The predicted molar refractivity (Wildman–Crippen MR) is 107 cm³/mol. The molecule has 1 N–H and O–H groups in total. The third-order valence-corrected chi connectivity index (χ3v) is 5.65. The highest BCUT2D eigenvalue weighted by atomic mass is 16.5. The lowest BCUT2D eigenvalue weighted by molar-refractivity contribution is -0.129. The molecule has 2 fully saturated rings. The van der Waals surface area contributed by atoms with E-state index in [4.69, 9.17) is 4.74 Å². The number of ether oxygens (including phenoxy) is 1. The Balaban J connectivity index is 1.48. The maximum atomic E-state index is 12.0. The van der Waals surface area contributed by atoms with Gasteiger partial charge in [-0.2, -0.15) is 5.10 Å². The summed E-state index contributed by atoms with van der Waals surface area (Å²) >= 11 is 0. The van der Waals surface area contributed by atoms with Gasteiger partial charge < -0.3 is 14.5 Å². The summed E-state index contributed by atoms with van der Waals surface area (Å²) in [5.74, 6) is 1.78. The van der Waals surface area contributed by atoms with E-state index < -0.39 is 0 Å². The smallest absolute Gasteiger partial charge is 0.241 e. The maximum absolute atomic E-state index is 12.0. The van der Waals surface area contributed by atoms with E-state index in [-0.39, 0.29) is 11.5 Å². The molecule has 7 heteroatoms. The lowest BCUT2D eigenvalue weighted by Crippen LogP contribution is -2.48. The number of carbonyl (C=O) groups excluding carboxylic acids is 1. The molecule has 1 aromatic carbocycles. The van der Waals surface area contributed by atoms with Crippen LogP contribution in [-0.2, 0) is 4.79 Å². The third-order valence-electron chi connectivity index (χ3n) is 5.65. The Hall–Kier alpha value is -3.09. The van der Waals surface area contributed by atoms with Crippen molar-refractivity contribution in [2.24, 2.45) is 0 Å². The second-order valence-electron chi connectivity index (χ2n) is 7.97. The second-order valence-corrected chi connectivity index (χ2v) is 7.97. The van der Waals surface area contributed by atoms with Crippen LogP contribution in [0.25, 0.3) is 22.2 Å². The molecule has 1 saturated heterocycles. The van der Waals surface area contributed by atoms with E-state index in [1.807, 2.05) is 36.2 Å². The highest BCUT2D eigenvalue weighted by Gasteiger charge is 2.40. The number of benzene rings is 1. The van der Waals surface area contributed by atoms with Gasteiger partial charge >= 0.3 is 0 Å². The van der Waals surface area contributed by atoms with Crippen LogP contribution in [0.2, 0.25) is 0 Å². The molecule has 1 amide bonds. The summed E-state index contributed by atoms with van der Waals surface area (Å²) in [6.45, 7) is 3.97. The van der Waals surface area contributed by atoms with Crippen LogP contribution in [0.15, 0.2) is 36.5 Å². The van der Waals surface area contributed by atoms with Crippen molar-refractivity contribution < 1.29 is 9.53 Å². The number of fused-ring (bicyclic) bond motifs is 1. The molecule has 0 bridgehead atoms. The van der Waals surface area contributed by atoms with Crippen molar-refractivity contribution in [1.29, 1.82) is 0 Å². The number of piperazine rings is 1. The molecule has 2 aliphatic rings. The fourth-order valence-corrected chi connectivity index (χ4v) is 3.53. The van der Waals surface area contributed by atoms with Gasteiger partial charge in [0.1, 0.15) is 22.9 Å². The molecule has 0 spiro atoms. The van der Waals surface area contributed by atoms with E-state index in [1.54, 1.807) is 11.1 Å². The Labute approximate surface area is 163 Å². The largest absolute Gasteiger partial charge is 0.488 e. The quantitative estimate of drug-likeness (QED) is 0.757. The molecule has 0 unspecified atom stereocenters. The molecule has 144 valence electrons. The van der Waals surface area contributed by atoms with Gasteiger partial charge in [-0.15, -0.1) is 0 Å². The van der Waals surface area contributed by atoms with Gasteiger partial charge in [0.2, 0.25) is 5.91 Å². The highest BCUT2D eigenvalue weighted by molar-refractivity contribution is 5.94. The first-order chi connectivity index (χ1) is 13.5. The minimum absolute atomic E-state index is 0.0185. The first-order valence-corrected chi connectivity index (χ1v) is 9.63. The number of amides is 1. The number of aromatic nitrogens is 3. The number of carbonyl (C=O) groups is 1. The van der Waals surface area contributed by atoms with Crippen molar-refractivity contribution in [2.45, 2.75) is 25.4 Å². The number of nitrogens with zero attached hydrogens (tertiary/aromatic N) is 4. The fourth-order valence-electron chi connectivity index (χ4n) is 3.53. The standard InChI is InChI=1S/C21H23N5O2/c1-21(6-7-21)28-15-3-4-17-16(12-15)20(24-23-17)14-5-8-22-18(11-14)26-10-9-25(2)19(27)13-26/h3-5,8,11-12H,6-7,9-10,13H2,1-2H3,(H,23,24). The molecule has 0 atom stereocenters. The zero-order chi connectivity index (χ0) is 19.3. The van der Waals surface area contributed by atoms with Gasteiger partial charge in [0.15, 0.2) is 0 Å². The van der Waals surface area contributed by atoms with Gasteiger partial charge in [-0.25, -0.2) is 4.98 Å².